The fourth-order valence-electron chi connectivity index (χ4n) is 1.74. The maximum absolute atomic E-state index is 6.23. The molecule has 0 fully saturated rings. The summed E-state index contributed by atoms with van der Waals surface area (Å²) >= 11 is 9.38. The zero-order valence-electron chi connectivity index (χ0n) is 11.0. The number of hydrogen-bond donors (Lipinski definition) is 0. The highest BCUT2D eigenvalue weighted by Crippen LogP contribution is 2.54. The normalized spacial score (nSPS) is 13.9. The summed E-state index contributed by atoms with van der Waals surface area (Å²) in [5, 5.41) is 1.05. The zero-order valence-corrected chi connectivity index (χ0v) is 15.1. The first kappa shape index (κ1) is 16.1. The molecule has 1 unspecified atom stereocenters. The first-order valence-corrected chi connectivity index (χ1v) is 11.5. The average Bonchev–Trinajstić information content (AvgIpc) is 2.50. The van der Waals surface area contributed by atoms with E-state index in [1.807, 2.05) is 60.7 Å². The summed E-state index contributed by atoms with van der Waals surface area (Å²) in [6.07, 6.45) is -2.32. The number of halogens is 1. The highest BCUT2D eigenvalue weighted by Gasteiger charge is 2.29. The van der Waals surface area contributed by atoms with Crippen molar-refractivity contribution < 1.29 is 4.52 Å². The molecule has 0 bridgehead atoms. The molecule has 0 amide bonds. The molecule has 6 heteroatoms. The van der Waals surface area contributed by atoms with Crippen molar-refractivity contribution in [1.29, 1.82) is 0 Å². The monoisotopic (exact) mass is 387 g/mol. The second kappa shape index (κ2) is 7.62. The molecule has 2 rings (SSSR count). The van der Waals surface area contributed by atoms with Crippen molar-refractivity contribution in [1.82, 2.24) is 4.08 Å². The van der Waals surface area contributed by atoms with E-state index in [1.54, 1.807) is 0 Å². The van der Waals surface area contributed by atoms with Gasteiger partial charge in [-0.1, -0.05) is 43.3 Å². The third-order valence-electron chi connectivity index (χ3n) is 2.70. The van der Waals surface area contributed by atoms with Crippen LogP contribution in [0.25, 0.3) is 0 Å². The topological polar surface area (TPSA) is 12.5 Å². The van der Waals surface area contributed by atoms with Crippen molar-refractivity contribution in [3.63, 3.8) is 0 Å². The summed E-state index contributed by atoms with van der Waals surface area (Å²) in [5.74, 6) is 0.805. The van der Waals surface area contributed by atoms with Gasteiger partial charge in [0, 0.05) is 37.0 Å². The first-order chi connectivity index (χ1) is 9.70. The van der Waals surface area contributed by atoms with E-state index in [9.17, 15) is 0 Å². The molecule has 1 atom stereocenters. The summed E-state index contributed by atoms with van der Waals surface area (Å²) in [5.41, 5.74) is 0. The van der Waals surface area contributed by atoms with Gasteiger partial charge in [0.05, 0.1) is 0 Å². The van der Waals surface area contributed by atoms with E-state index >= 15 is 0 Å². The van der Waals surface area contributed by atoms with Crippen LogP contribution in [0.4, 0.5) is 0 Å². The van der Waals surface area contributed by atoms with E-state index in [-0.39, 0.29) is 0 Å². The summed E-state index contributed by atoms with van der Waals surface area (Å²) in [6, 6.07) is 19.8. The van der Waals surface area contributed by atoms with Crippen LogP contribution < -0.4 is 9.83 Å². The smallest absolute Gasteiger partial charge is 0.220 e. The number of para-hydroxylation sites is 1. The summed E-state index contributed by atoms with van der Waals surface area (Å²) < 4.78 is 8.32. The Morgan fingerprint density at radius 2 is 1.65 bits per heavy atom. The quantitative estimate of drug-likeness (QED) is 0.511. The second-order valence-electron chi connectivity index (χ2n) is 4.00. The Balaban J connectivity index is 2.42. The van der Waals surface area contributed by atoms with Crippen molar-refractivity contribution >= 4 is 48.7 Å². The molecule has 0 heterocycles. The van der Waals surface area contributed by atoms with E-state index < -0.39 is 6.42 Å². The Bertz CT molecular complexity index is 578. The molecule has 0 aliphatic carbocycles. The zero-order chi connectivity index (χ0) is 14.4. The Morgan fingerprint density at radius 1 is 1.10 bits per heavy atom. The van der Waals surface area contributed by atoms with Gasteiger partial charge in [0.1, 0.15) is 5.75 Å². The third kappa shape index (κ3) is 3.66. The molecular weight excluding hydrogens is 373 g/mol. The highest BCUT2D eigenvalue weighted by molar-refractivity contribution is 9.50. The number of rotatable bonds is 6. The van der Waals surface area contributed by atoms with Gasteiger partial charge in [-0.3, -0.25) is 0 Å². The van der Waals surface area contributed by atoms with E-state index in [0.717, 1.165) is 17.6 Å². The molecule has 0 spiro atoms. The van der Waals surface area contributed by atoms with Crippen molar-refractivity contribution in [2.75, 3.05) is 6.54 Å². The largest absolute Gasteiger partial charge is 0.448 e. The van der Waals surface area contributed by atoms with Gasteiger partial charge in [0.2, 0.25) is 6.42 Å². The van der Waals surface area contributed by atoms with Gasteiger partial charge >= 0.3 is 0 Å². The van der Waals surface area contributed by atoms with Crippen molar-refractivity contribution in [3.8, 4) is 5.75 Å². The molecule has 0 aliphatic rings. The summed E-state index contributed by atoms with van der Waals surface area (Å²) in [6.45, 7) is 2.88. The van der Waals surface area contributed by atoms with Crippen LogP contribution in [0.2, 0.25) is 0 Å². The van der Waals surface area contributed by atoms with E-state index in [1.165, 1.54) is 10.4 Å². The second-order valence-corrected chi connectivity index (χ2v) is 9.42. The molecule has 2 nitrogen and oxygen atoms in total. The average molecular weight is 388 g/mol. The van der Waals surface area contributed by atoms with Crippen LogP contribution in [0.15, 0.2) is 60.7 Å². The molecule has 0 aliphatic heterocycles. The molecule has 0 saturated carbocycles. The molecule has 0 saturated heterocycles. The van der Waals surface area contributed by atoms with Gasteiger partial charge in [-0.15, -0.1) is 0 Å². The van der Waals surface area contributed by atoms with Crippen LogP contribution >= 0.6 is 31.6 Å². The minimum atomic E-state index is -2.32. The van der Waals surface area contributed by atoms with Gasteiger partial charge < -0.3 is 4.52 Å². The lowest BCUT2D eigenvalue weighted by molar-refractivity contribution is 0.571. The number of hydrogen-bond acceptors (Lipinski definition) is 3. The lowest BCUT2D eigenvalue weighted by Gasteiger charge is -2.31. The molecule has 2 aromatic carbocycles. The fourth-order valence-corrected chi connectivity index (χ4v) is 8.63. The van der Waals surface area contributed by atoms with Crippen molar-refractivity contribution in [2.24, 2.45) is 0 Å². The molecule has 0 radical (unpaired) electrons. The van der Waals surface area contributed by atoms with Gasteiger partial charge in [0.15, 0.2) is 0 Å². The van der Waals surface area contributed by atoms with Crippen molar-refractivity contribution in [3.05, 3.63) is 60.7 Å². The minimum absolute atomic E-state index is 0.801. The fraction of sp³-hybridized carbons (Fsp3) is 0.143. The minimum Gasteiger partial charge on any atom is -0.448 e. The molecule has 106 valence electrons. The van der Waals surface area contributed by atoms with Crippen molar-refractivity contribution in [2.45, 2.75) is 6.92 Å². The summed E-state index contributed by atoms with van der Waals surface area (Å²) in [4.78, 5) is 0. The van der Waals surface area contributed by atoms with Crippen LogP contribution in [0.3, 0.4) is 0 Å². The van der Waals surface area contributed by atoms with Crippen LogP contribution in [-0.4, -0.2) is 10.6 Å². The molecule has 20 heavy (non-hydrogen) atoms. The van der Waals surface area contributed by atoms with Crippen LogP contribution in [0.1, 0.15) is 6.92 Å². The molecule has 2 aromatic rings. The van der Waals surface area contributed by atoms with Gasteiger partial charge in [-0.2, -0.15) is 4.08 Å². The van der Waals surface area contributed by atoms with Gasteiger partial charge in [-0.25, -0.2) is 0 Å². The van der Waals surface area contributed by atoms with Crippen LogP contribution in [-0.2, 0) is 11.8 Å². The molecule has 0 aromatic heterocycles. The number of nitrogens with zero attached hydrogens (tertiary/aromatic N) is 1. The summed E-state index contributed by atoms with van der Waals surface area (Å²) in [7, 11) is 1.46. The van der Waals surface area contributed by atoms with E-state index in [4.69, 9.17) is 16.3 Å². The Labute approximate surface area is 137 Å². The van der Waals surface area contributed by atoms with Crippen LogP contribution in [0, 0.1) is 0 Å². The Morgan fingerprint density at radius 3 is 2.15 bits per heavy atom. The third-order valence-corrected chi connectivity index (χ3v) is 9.81. The first-order valence-electron chi connectivity index (χ1n) is 6.17. The highest BCUT2D eigenvalue weighted by atomic mass is 79.9. The van der Waals surface area contributed by atoms with Crippen LogP contribution in [0.5, 0.6) is 5.75 Å². The van der Waals surface area contributed by atoms with E-state index in [0.29, 0.717) is 0 Å². The standard InChI is InChI=1S/C14H15BrNOPS2/c1-2-16(20-15)18(19,14-11-7-4-8-12-14)17-13-9-5-3-6-10-13/h3-12H,2H2,1H3. The van der Waals surface area contributed by atoms with Gasteiger partial charge in [0.25, 0.3) is 0 Å². The van der Waals surface area contributed by atoms with E-state index in [2.05, 4.69) is 25.8 Å². The maximum atomic E-state index is 6.23. The van der Waals surface area contributed by atoms with Gasteiger partial charge in [-0.05, 0) is 36.1 Å². The molecular formula is C14H15BrNOPS2. The maximum Gasteiger partial charge on any atom is 0.220 e. The lowest BCUT2D eigenvalue weighted by Crippen LogP contribution is -2.22. The Hall–Kier alpha value is -0.320. The predicted molar refractivity (Wildman–Crippen MR) is 96.3 cm³/mol. The lowest BCUT2D eigenvalue weighted by atomic mass is 10.3. The Kier molecular flexibility index (Phi) is 6.12. The SMILES string of the molecule is CCN(SBr)P(=S)(Oc1ccccc1)c1ccccc1. The number of benzene rings is 2. The predicted octanol–water partition coefficient (Wildman–Crippen LogP) is 4.98. The molecule has 0 N–H and O–H groups in total.